The number of carbonyl (C=O) groups excluding carboxylic acids is 1. The zero-order valence-corrected chi connectivity index (χ0v) is 13.6. The fraction of sp³-hybridized carbons (Fsp3) is 0.500. The predicted molar refractivity (Wildman–Crippen MR) is 82.7 cm³/mol. The van der Waals surface area contributed by atoms with Gasteiger partial charge in [0, 0.05) is 37.8 Å². The first-order chi connectivity index (χ1) is 10.4. The van der Waals surface area contributed by atoms with Crippen molar-refractivity contribution in [3.8, 4) is 6.07 Å². The van der Waals surface area contributed by atoms with E-state index < -0.39 is 22.2 Å². The Balaban J connectivity index is 2.22. The van der Waals surface area contributed by atoms with Crippen LogP contribution in [0.15, 0.2) is 18.2 Å². The minimum Gasteiger partial charge on any atom is -0.300 e. The lowest BCUT2D eigenvalue weighted by Gasteiger charge is -2.34. The number of ketones is 1. The van der Waals surface area contributed by atoms with Crippen molar-refractivity contribution in [2.24, 2.45) is 0 Å². The molecule has 0 aliphatic heterocycles. The summed E-state index contributed by atoms with van der Waals surface area (Å²) in [7, 11) is -1.16. The van der Waals surface area contributed by atoms with Gasteiger partial charge >= 0.3 is 0 Å². The van der Waals surface area contributed by atoms with E-state index in [0.29, 0.717) is 17.7 Å². The van der Waals surface area contributed by atoms with Gasteiger partial charge in [-0.1, -0.05) is 19.1 Å². The molecule has 0 aromatic heterocycles. The highest BCUT2D eigenvalue weighted by Gasteiger charge is 2.45. The molecule has 0 saturated heterocycles. The molecule has 1 unspecified atom stereocenters. The number of halogens is 1. The molecule has 0 radical (unpaired) electrons. The zero-order valence-electron chi connectivity index (χ0n) is 12.8. The van der Waals surface area contributed by atoms with Crippen molar-refractivity contribution in [2.75, 3.05) is 12.8 Å². The van der Waals surface area contributed by atoms with Crippen LogP contribution in [0.4, 0.5) is 4.39 Å². The first-order valence-corrected chi connectivity index (χ1v) is 8.73. The fourth-order valence-corrected chi connectivity index (χ4v) is 3.44. The standard InChI is InChI=1S/C16H19FN2O2S/c1-3-6-19(22(2)21)10-12-4-5-13(7-15(12)17)16(11-18)8-14(20)9-16/h4-5,7H,3,6,8-10H2,1-2H3. The van der Waals surface area contributed by atoms with Crippen LogP contribution in [-0.4, -0.2) is 27.1 Å². The molecule has 1 saturated carbocycles. The fourth-order valence-electron chi connectivity index (χ4n) is 2.68. The summed E-state index contributed by atoms with van der Waals surface area (Å²) < 4.78 is 27.7. The number of rotatable bonds is 6. The predicted octanol–water partition coefficient (Wildman–Crippen LogP) is 2.46. The third kappa shape index (κ3) is 3.26. The minimum absolute atomic E-state index is 0.0292. The van der Waals surface area contributed by atoms with Crippen LogP contribution in [0.1, 0.15) is 37.3 Å². The van der Waals surface area contributed by atoms with Crippen molar-refractivity contribution in [1.82, 2.24) is 4.31 Å². The highest BCUT2D eigenvalue weighted by molar-refractivity contribution is 7.81. The van der Waals surface area contributed by atoms with E-state index in [0.717, 1.165) is 6.42 Å². The van der Waals surface area contributed by atoms with E-state index in [9.17, 15) is 18.7 Å². The van der Waals surface area contributed by atoms with Gasteiger partial charge in [0.1, 0.15) is 11.6 Å². The van der Waals surface area contributed by atoms with Gasteiger partial charge in [-0.3, -0.25) is 4.79 Å². The summed E-state index contributed by atoms with van der Waals surface area (Å²) in [4.78, 5) is 11.2. The summed E-state index contributed by atoms with van der Waals surface area (Å²) in [5.41, 5.74) is 0.134. The molecule has 1 atom stereocenters. The van der Waals surface area contributed by atoms with E-state index in [2.05, 4.69) is 6.07 Å². The Hall–Kier alpha value is -1.58. The number of hydrogen-bond donors (Lipinski definition) is 0. The van der Waals surface area contributed by atoms with E-state index in [1.807, 2.05) is 6.92 Å². The molecule has 118 valence electrons. The Bertz CT molecular complexity index is 646. The van der Waals surface area contributed by atoms with Crippen LogP contribution in [0.2, 0.25) is 0 Å². The van der Waals surface area contributed by atoms with Gasteiger partial charge in [0.05, 0.1) is 22.5 Å². The monoisotopic (exact) mass is 322 g/mol. The molecule has 1 fully saturated rings. The number of carbonyl (C=O) groups is 1. The average Bonchev–Trinajstić information content (AvgIpc) is 2.44. The summed E-state index contributed by atoms with van der Waals surface area (Å²) in [5.74, 6) is -0.389. The summed E-state index contributed by atoms with van der Waals surface area (Å²) in [5, 5.41) is 9.28. The van der Waals surface area contributed by atoms with Crippen molar-refractivity contribution in [3.05, 3.63) is 35.1 Å². The Morgan fingerprint density at radius 3 is 2.59 bits per heavy atom. The third-order valence-corrected chi connectivity index (χ3v) is 5.04. The normalized spacial score (nSPS) is 17.9. The molecule has 1 aliphatic rings. The second-order valence-electron chi connectivity index (χ2n) is 5.68. The lowest BCUT2D eigenvalue weighted by molar-refractivity contribution is -0.126. The second-order valence-corrected chi connectivity index (χ2v) is 7.04. The molecule has 22 heavy (non-hydrogen) atoms. The molecule has 0 bridgehead atoms. The number of hydrogen-bond acceptors (Lipinski definition) is 3. The summed E-state index contributed by atoms with van der Waals surface area (Å²) in [6.07, 6.45) is 2.72. The summed E-state index contributed by atoms with van der Waals surface area (Å²) in [6.45, 7) is 2.87. The van der Waals surface area contributed by atoms with Crippen molar-refractivity contribution >= 4 is 16.8 Å². The molecule has 2 rings (SSSR count). The number of nitrogens with zero attached hydrogens (tertiary/aromatic N) is 2. The van der Waals surface area contributed by atoms with Crippen molar-refractivity contribution < 1.29 is 13.4 Å². The largest absolute Gasteiger partial charge is 0.300 e. The minimum atomic E-state index is -1.16. The first kappa shape index (κ1) is 16.8. The molecule has 1 aromatic carbocycles. The Kier molecular flexibility index (Phi) is 5.09. The van der Waals surface area contributed by atoms with Crippen LogP contribution in [0.25, 0.3) is 0 Å². The van der Waals surface area contributed by atoms with Crippen LogP contribution < -0.4 is 0 Å². The molecule has 0 heterocycles. The van der Waals surface area contributed by atoms with Crippen LogP contribution >= 0.6 is 0 Å². The van der Waals surface area contributed by atoms with Gasteiger partial charge in [-0.2, -0.15) is 5.26 Å². The van der Waals surface area contributed by atoms with Crippen molar-refractivity contribution in [3.63, 3.8) is 0 Å². The van der Waals surface area contributed by atoms with Crippen LogP contribution in [0, 0.1) is 17.1 Å². The maximum Gasteiger partial charge on any atom is 0.136 e. The second kappa shape index (κ2) is 6.67. The average molecular weight is 322 g/mol. The van der Waals surface area contributed by atoms with Gasteiger partial charge < -0.3 is 0 Å². The Labute approximate surface area is 132 Å². The van der Waals surface area contributed by atoms with Gasteiger partial charge in [0.15, 0.2) is 0 Å². The van der Waals surface area contributed by atoms with E-state index >= 15 is 0 Å². The maximum atomic E-state index is 14.3. The van der Waals surface area contributed by atoms with E-state index in [4.69, 9.17) is 0 Å². The first-order valence-electron chi connectivity index (χ1n) is 7.22. The third-order valence-electron chi connectivity index (χ3n) is 4.00. The Morgan fingerprint density at radius 2 is 2.14 bits per heavy atom. The van der Waals surface area contributed by atoms with Gasteiger partial charge in [-0.05, 0) is 18.1 Å². The SMILES string of the molecule is CCCN(Cc1ccc(C2(C#N)CC(=O)C2)cc1F)S(C)=O. The summed E-state index contributed by atoms with van der Waals surface area (Å²) >= 11 is 0. The van der Waals surface area contributed by atoms with Gasteiger partial charge in [-0.15, -0.1) is 0 Å². The molecular weight excluding hydrogens is 303 g/mol. The number of Topliss-reactive ketones (excluding diaryl/α,β-unsaturated/α-hetero) is 1. The van der Waals surface area contributed by atoms with Gasteiger partial charge in [0.2, 0.25) is 0 Å². The highest BCUT2D eigenvalue weighted by atomic mass is 32.2. The van der Waals surface area contributed by atoms with Crippen molar-refractivity contribution in [1.29, 1.82) is 5.26 Å². The lowest BCUT2D eigenvalue weighted by Crippen LogP contribution is -2.40. The maximum absolute atomic E-state index is 14.3. The topological polar surface area (TPSA) is 61.2 Å². The zero-order chi connectivity index (χ0) is 16.3. The summed E-state index contributed by atoms with van der Waals surface area (Å²) in [6, 6.07) is 6.81. The van der Waals surface area contributed by atoms with Gasteiger partial charge in [0.25, 0.3) is 0 Å². The smallest absolute Gasteiger partial charge is 0.136 e. The lowest BCUT2D eigenvalue weighted by atomic mass is 9.64. The molecule has 1 aromatic rings. The van der Waals surface area contributed by atoms with Gasteiger partial charge in [-0.25, -0.2) is 12.9 Å². The highest BCUT2D eigenvalue weighted by Crippen LogP contribution is 2.41. The van der Waals surface area contributed by atoms with E-state index in [1.165, 1.54) is 6.07 Å². The molecule has 0 spiro atoms. The van der Waals surface area contributed by atoms with Crippen molar-refractivity contribution in [2.45, 2.75) is 38.1 Å². The van der Waals surface area contributed by atoms with Crippen LogP contribution in [0.3, 0.4) is 0 Å². The molecule has 1 aliphatic carbocycles. The Morgan fingerprint density at radius 1 is 1.45 bits per heavy atom. The molecule has 6 heteroatoms. The van der Waals surface area contributed by atoms with E-state index in [-0.39, 0.29) is 25.2 Å². The molecular formula is C16H19FN2O2S. The number of nitriles is 1. The van der Waals surface area contributed by atoms with E-state index in [1.54, 1.807) is 22.7 Å². The quantitative estimate of drug-likeness (QED) is 0.808. The number of benzene rings is 1. The van der Waals surface area contributed by atoms with Crippen LogP contribution in [0.5, 0.6) is 0 Å². The molecule has 0 N–H and O–H groups in total. The molecule has 4 nitrogen and oxygen atoms in total. The molecule has 0 amide bonds. The van der Waals surface area contributed by atoms with Crippen LogP contribution in [-0.2, 0) is 27.7 Å².